The average molecular weight is 476 g/mol. The predicted octanol–water partition coefficient (Wildman–Crippen LogP) is 4.08. The number of anilines is 1. The summed E-state index contributed by atoms with van der Waals surface area (Å²) in [6.07, 6.45) is 7.14. The number of para-hydroxylation sites is 1. The fourth-order valence-corrected chi connectivity index (χ4v) is 5.67. The number of aromatic carboxylic acids is 1. The molecule has 2 aromatic heterocycles. The number of ether oxygens (including phenoxy) is 1. The number of carboxylic acid groups (broad SMARTS) is 1. The van der Waals surface area contributed by atoms with Gasteiger partial charge in [-0.2, -0.15) is 5.10 Å². The van der Waals surface area contributed by atoms with E-state index in [1.807, 2.05) is 35.0 Å². The first-order valence-corrected chi connectivity index (χ1v) is 13.0. The number of pyridine rings is 1. The van der Waals surface area contributed by atoms with Gasteiger partial charge in [0.15, 0.2) is 11.3 Å². The lowest BCUT2D eigenvalue weighted by molar-refractivity contribution is 0.0690. The van der Waals surface area contributed by atoms with Crippen LogP contribution in [0.5, 0.6) is 0 Å². The van der Waals surface area contributed by atoms with E-state index in [0.29, 0.717) is 17.7 Å². The number of carboxylic acids is 1. The maximum Gasteiger partial charge on any atom is 0.354 e. The second-order valence-corrected chi connectivity index (χ2v) is 10.1. The molecule has 0 bridgehead atoms. The van der Waals surface area contributed by atoms with E-state index in [1.54, 1.807) is 6.07 Å². The largest absolute Gasteiger partial charge is 0.477 e. The van der Waals surface area contributed by atoms with Gasteiger partial charge < -0.3 is 14.7 Å². The van der Waals surface area contributed by atoms with E-state index in [2.05, 4.69) is 14.8 Å². The molecule has 35 heavy (non-hydrogen) atoms. The Hall–Kier alpha value is -2.97. The monoisotopic (exact) mass is 475 g/mol. The van der Waals surface area contributed by atoms with Crippen molar-refractivity contribution in [1.82, 2.24) is 19.7 Å². The summed E-state index contributed by atoms with van der Waals surface area (Å²) in [5.74, 6) is -0.601. The van der Waals surface area contributed by atoms with Crippen LogP contribution in [0.2, 0.25) is 0 Å². The molecule has 1 N–H and O–H groups in total. The molecule has 1 saturated carbocycles. The molecule has 3 aliphatic rings. The number of nitrogens with zero attached hydrogens (tertiary/aromatic N) is 5. The van der Waals surface area contributed by atoms with Gasteiger partial charge in [0, 0.05) is 38.7 Å². The van der Waals surface area contributed by atoms with E-state index in [9.17, 15) is 9.90 Å². The molecule has 4 heterocycles. The Morgan fingerprint density at radius 3 is 2.60 bits per heavy atom. The first-order valence-electron chi connectivity index (χ1n) is 13.0. The maximum absolute atomic E-state index is 12.1. The molecule has 6 rings (SSSR count). The molecule has 1 atom stereocenters. The summed E-state index contributed by atoms with van der Waals surface area (Å²) < 4.78 is 7.72. The molecule has 0 spiro atoms. The lowest BCUT2D eigenvalue weighted by atomic mass is 9.82. The van der Waals surface area contributed by atoms with Crippen molar-refractivity contribution in [2.24, 2.45) is 0 Å². The molecule has 0 radical (unpaired) electrons. The standard InChI is InChI=1S/C27H33N5O3/c33-27(34)22-17-23(31-13-6-12-30(14-15-31)18-21-11-5-16-35-21)24-25(19-7-4-8-19)29-32(26(24)28-22)20-9-2-1-3-10-20/h1-3,9-10,17,19,21H,4-8,11-16,18H2,(H,33,34). The fraction of sp³-hybridized carbons (Fsp3) is 0.519. The molecule has 8 heteroatoms. The third-order valence-electron chi connectivity index (χ3n) is 7.77. The van der Waals surface area contributed by atoms with Crippen LogP contribution in [0.15, 0.2) is 36.4 Å². The highest BCUT2D eigenvalue weighted by molar-refractivity contribution is 5.98. The van der Waals surface area contributed by atoms with Gasteiger partial charge in [-0.15, -0.1) is 0 Å². The van der Waals surface area contributed by atoms with Crippen molar-refractivity contribution in [3.8, 4) is 5.69 Å². The average Bonchev–Trinajstić information content (AvgIpc) is 3.41. The number of hydrogen-bond donors (Lipinski definition) is 1. The van der Waals surface area contributed by atoms with E-state index in [0.717, 1.165) is 93.9 Å². The Balaban J connectivity index is 1.41. The summed E-state index contributed by atoms with van der Waals surface area (Å²) in [7, 11) is 0. The highest BCUT2D eigenvalue weighted by Crippen LogP contribution is 2.42. The second-order valence-electron chi connectivity index (χ2n) is 10.1. The van der Waals surface area contributed by atoms with Crippen molar-refractivity contribution < 1.29 is 14.6 Å². The minimum atomic E-state index is -1.01. The first-order chi connectivity index (χ1) is 17.2. The summed E-state index contributed by atoms with van der Waals surface area (Å²) in [6, 6.07) is 11.7. The molecule has 1 aromatic carbocycles. The Kier molecular flexibility index (Phi) is 6.16. The fourth-order valence-electron chi connectivity index (χ4n) is 5.67. The summed E-state index contributed by atoms with van der Waals surface area (Å²) in [6.45, 7) is 5.59. The lowest BCUT2D eigenvalue weighted by Gasteiger charge is -2.28. The van der Waals surface area contributed by atoms with Crippen LogP contribution in [0.3, 0.4) is 0 Å². The molecule has 0 amide bonds. The van der Waals surface area contributed by atoms with Gasteiger partial charge >= 0.3 is 5.97 Å². The summed E-state index contributed by atoms with van der Waals surface area (Å²) >= 11 is 0. The minimum absolute atomic E-state index is 0.0743. The van der Waals surface area contributed by atoms with Crippen LogP contribution in [0.4, 0.5) is 5.69 Å². The van der Waals surface area contributed by atoms with Crippen LogP contribution in [-0.4, -0.2) is 76.2 Å². The summed E-state index contributed by atoms with van der Waals surface area (Å²) in [5.41, 5.74) is 3.66. The van der Waals surface area contributed by atoms with Crippen LogP contribution in [0, 0.1) is 0 Å². The number of carbonyl (C=O) groups is 1. The molecular weight excluding hydrogens is 442 g/mol. The van der Waals surface area contributed by atoms with Crippen molar-refractivity contribution in [1.29, 1.82) is 0 Å². The molecule has 1 aliphatic carbocycles. The number of aromatic nitrogens is 3. The van der Waals surface area contributed by atoms with E-state index < -0.39 is 5.97 Å². The Morgan fingerprint density at radius 2 is 1.89 bits per heavy atom. The smallest absolute Gasteiger partial charge is 0.354 e. The summed E-state index contributed by atoms with van der Waals surface area (Å²) in [5, 5.41) is 16.0. The number of fused-ring (bicyclic) bond motifs is 1. The van der Waals surface area contributed by atoms with Crippen LogP contribution in [0.25, 0.3) is 16.7 Å². The Morgan fingerprint density at radius 1 is 1.03 bits per heavy atom. The first kappa shape index (κ1) is 22.5. The van der Waals surface area contributed by atoms with E-state index in [1.165, 1.54) is 6.42 Å². The molecule has 8 nitrogen and oxygen atoms in total. The SMILES string of the molecule is O=C(O)c1cc(N2CCCN(CC3CCCO3)CC2)c2c(C3CCC3)nn(-c3ccccc3)c2n1. The van der Waals surface area contributed by atoms with Gasteiger partial charge in [0.25, 0.3) is 0 Å². The molecule has 2 saturated heterocycles. The zero-order chi connectivity index (χ0) is 23.8. The van der Waals surface area contributed by atoms with Gasteiger partial charge in [-0.1, -0.05) is 24.6 Å². The molecule has 3 fully saturated rings. The van der Waals surface area contributed by atoms with Crippen molar-refractivity contribution in [2.45, 2.75) is 50.5 Å². The van der Waals surface area contributed by atoms with Crippen molar-refractivity contribution >= 4 is 22.7 Å². The molecule has 3 aromatic rings. The van der Waals surface area contributed by atoms with E-state index in [4.69, 9.17) is 9.84 Å². The molecule has 2 aliphatic heterocycles. The van der Waals surface area contributed by atoms with Crippen LogP contribution < -0.4 is 4.90 Å². The number of rotatable bonds is 6. The quantitative estimate of drug-likeness (QED) is 0.575. The topological polar surface area (TPSA) is 83.7 Å². The third kappa shape index (κ3) is 4.41. The van der Waals surface area contributed by atoms with Gasteiger partial charge in [0.05, 0.1) is 28.6 Å². The maximum atomic E-state index is 12.1. The third-order valence-corrected chi connectivity index (χ3v) is 7.77. The van der Waals surface area contributed by atoms with Crippen molar-refractivity contribution in [3.63, 3.8) is 0 Å². The van der Waals surface area contributed by atoms with E-state index >= 15 is 0 Å². The molecule has 184 valence electrons. The lowest BCUT2D eigenvalue weighted by Crippen LogP contribution is -2.35. The molecule has 1 unspecified atom stereocenters. The van der Waals surface area contributed by atoms with Gasteiger partial charge in [0.2, 0.25) is 0 Å². The zero-order valence-corrected chi connectivity index (χ0v) is 20.1. The number of hydrogen-bond acceptors (Lipinski definition) is 6. The van der Waals surface area contributed by atoms with Gasteiger partial charge in [-0.05, 0) is 56.8 Å². The number of benzene rings is 1. The van der Waals surface area contributed by atoms with Crippen LogP contribution >= 0.6 is 0 Å². The minimum Gasteiger partial charge on any atom is -0.477 e. The predicted molar refractivity (Wildman–Crippen MR) is 135 cm³/mol. The van der Waals surface area contributed by atoms with Gasteiger partial charge in [-0.25, -0.2) is 14.5 Å². The van der Waals surface area contributed by atoms with Gasteiger partial charge in [-0.3, -0.25) is 4.90 Å². The summed E-state index contributed by atoms with van der Waals surface area (Å²) in [4.78, 5) is 21.6. The highest BCUT2D eigenvalue weighted by atomic mass is 16.5. The van der Waals surface area contributed by atoms with Crippen molar-refractivity contribution in [2.75, 3.05) is 44.2 Å². The Labute approximate surface area is 205 Å². The van der Waals surface area contributed by atoms with Crippen LogP contribution in [-0.2, 0) is 4.74 Å². The highest BCUT2D eigenvalue weighted by Gasteiger charge is 2.31. The van der Waals surface area contributed by atoms with E-state index in [-0.39, 0.29) is 5.69 Å². The Bertz CT molecular complexity index is 1200. The van der Waals surface area contributed by atoms with Crippen LogP contribution in [0.1, 0.15) is 60.6 Å². The molecular formula is C27H33N5O3. The zero-order valence-electron chi connectivity index (χ0n) is 20.1. The second kappa shape index (κ2) is 9.59. The van der Waals surface area contributed by atoms with Gasteiger partial charge in [0.1, 0.15) is 0 Å². The normalized spacial score (nSPS) is 21.8. The van der Waals surface area contributed by atoms with Crippen molar-refractivity contribution in [3.05, 3.63) is 47.8 Å².